The lowest BCUT2D eigenvalue weighted by molar-refractivity contribution is -0.147. The van der Waals surface area contributed by atoms with E-state index in [-0.39, 0.29) is 25.3 Å². The van der Waals surface area contributed by atoms with Gasteiger partial charge in [-0.3, -0.25) is 9.89 Å². The Morgan fingerprint density at radius 1 is 1.56 bits per heavy atom. The second kappa shape index (κ2) is 5.86. The van der Waals surface area contributed by atoms with Crippen LogP contribution in [0, 0.1) is 0 Å². The fourth-order valence-electron chi connectivity index (χ4n) is 1.09. The molecule has 7 heteroatoms. The van der Waals surface area contributed by atoms with Crippen LogP contribution in [0.4, 0.5) is 0 Å². The number of carbonyl (C=O) groups excluding carboxylic acids is 1. The van der Waals surface area contributed by atoms with Crippen molar-refractivity contribution in [1.29, 1.82) is 0 Å². The molecule has 1 aromatic rings. The van der Waals surface area contributed by atoms with Gasteiger partial charge in [0.1, 0.15) is 0 Å². The predicted molar refractivity (Wildman–Crippen MR) is 53.6 cm³/mol. The van der Waals surface area contributed by atoms with Crippen LogP contribution in [0.15, 0.2) is 12.3 Å². The smallest absolute Gasteiger partial charge is 0.332 e. The molecule has 0 saturated carbocycles. The summed E-state index contributed by atoms with van der Waals surface area (Å²) in [7, 11) is 0. The van der Waals surface area contributed by atoms with Crippen LogP contribution in [-0.2, 0) is 16.0 Å². The van der Waals surface area contributed by atoms with E-state index in [1.165, 1.54) is 6.20 Å². The number of amides is 1. The molecule has 0 saturated heterocycles. The molecule has 4 N–H and O–H groups in total. The minimum atomic E-state index is -1.44. The van der Waals surface area contributed by atoms with E-state index in [4.69, 9.17) is 10.2 Å². The number of aliphatic carboxylic acids is 1. The Bertz CT molecular complexity index is 350. The second-order valence-electron chi connectivity index (χ2n) is 3.25. The lowest BCUT2D eigenvalue weighted by Crippen LogP contribution is -2.31. The van der Waals surface area contributed by atoms with Crippen molar-refractivity contribution in [3.63, 3.8) is 0 Å². The lowest BCUT2D eigenvalue weighted by atomic mass is 10.2. The van der Waals surface area contributed by atoms with Gasteiger partial charge in [-0.05, 0) is 6.07 Å². The van der Waals surface area contributed by atoms with Gasteiger partial charge in [-0.2, -0.15) is 5.10 Å². The normalized spacial score (nSPS) is 12.1. The summed E-state index contributed by atoms with van der Waals surface area (Å²) in [5, 5.41) is 26.1. The van der Waals surface area contributed by atoms with Crippen LogP contribution in [0.3, 0.4) is 0 Å². The van der Waals surface area contributed by atoms with E-state index < -0.39 is 12.1 Å². The largest absolute Gasteiger partial charge is 0.479 e. The fraction of sp³-hybridized carbons (Fsp3) is 0.444. The molecule has 0 radical (unpaired) electrons. The molecule has 0 aromatic carbocycles. The molecule has 88 valence electrons. The molecule has 16 heavy (non-hydrogen) atoms. The maximum absolute atomic E-state index is 11.3. The standard InChI is InChI=1S/C9H13N3O4/c13-7(9(15)16)2-3-10-8(14)5-6-1-4-11-12-6/h1,4,7,13H,2-3,5H2,(H,10,14)(H,11,12)(H,15,16)/t7-/m0/s1. The third-order valence-corrected chi connectivity index (χ3v) is 1.93. The number of carboxylic acids is 1. The molecule has 0 bridgehead atoms. The summed E-state index contributed by atoms with van der Waals surface area (Å²) < 4.78 is 0. The van der Waals surface area contributed by atoms with Crippen molar-refractivity contribution >= 4 is 11.9 Å². The highest BCUT2D eigenvalue weighted by Gasteiger charge is 2.12. The van der Waals surface area contributed by atoms with Crippen molar-refractivity contribution in [3.05, 3.63) is 18.0 Å². The first-order valence-corrected chi connectivity index (χ1v) is 4.75. The number of H-pyrrole nitrogens is 1. The van der Waals surface area contributed by atoms with Crippen LogP contribution in [0.25, 0.3) is 0 Å². The van der Waals surface area contributed by atoms with Crippen LogP contribution in [0.1, 0.15) is 12.1 Å². The van der Waals surface area contributed by atoms with Gasteiger partial charge in [-0.1, -0.05) is 0 Å². The summed E-state index contributed by atoms with van der Waals surface area (Å²) in [6, 6.07) is 1.67. The monoisotopic (exact) mass is 227 g/mol. The zero-order chi connectivity index (χ0) is 12.0. The highest BCUT2D eigenvalue weighted by Crippen LogP contribution is 1.94. The molecular weight excluding hydrogens is 214 g/mol. The van der Waals surface area contributed by atoms with Crippen LogP contribution in [0.2, 0.25) is 0 Å². The van der Waals surface area contributed by atoms with Crippen molar-refractivity contribution in [3.8, 4) is 0 Å². The van der Waals surface area contributed by atoms with Crippen LogP contribution in [0.5, 0.6) is 0 Å². The summed E-state index contributed by atoms with van der Waals surface area (Å²) in [6.07, 6.45) is 0.247. The predicted octanol–water partition coefficient (Wildman–Crippen LogP) is -1.10. The van der Waals surface area contributed by atoms with E-state index in [2.05, 4.69) is 15.5 Å². The Hall–Kier alpha value is -1.89. The zero-order valence-corrected chi connectivity index (χ0v) is 8.51. The van der Waals surface area contributed by atoms with Gasteiger partial charge in [0.15, 0.2) is 6.10 Å². The van der Waals surface area contributed by atoms with Gasteiger partial charge in [-0.25, -0.2) is 4.79 Å². The SMILES string of the molecule is O=C(Cc1ccn[nH]1)NCC[C@H](O)C(=O)O. The number of aromatic nitrogens is 2. The average molecular weight is 227 g/mol. The highest BCUT2D eigenvalue weighted by atomic mass is 16.4. The third kappa shape index (κ3) is 4.09. The number of aromatic amines is 1. The van der Waals surface area contributed by atoms with Crippen molar-refractivity contribution < 1.29 is 19.8 Å². The average Bonchev–Trinajstić information content (AvgIpc) is 2.70. The minimum absolute atomic E-state index is 0.00987. The molecule has 1 rings (SSSR count). The molecule has 0 aliphatic heterocycles. The van der Waals surface area contributed by atoms with Gasteiger partial charge in [0, 0.05) is 24.9 Å². The minimum Gasteiger partial charge on any atom is -0.479 e. The van der Waals surface area contributed by atoms with Crippen LogP contribution in [-0.4, -0.2) is 44.9 Å². The molecule has 0 fully saturated rings. The van der Waals surface area contributed by atoms with Gasteiger partial charge >= 0.3 is 5.97 Å². The fourth-order valence-corrected chi connectivity index (χ4v) is 1.09. The third-order valence-electron chi connectivity index (χ3n) is 1.93. The van der Waals surface area contributed by atoms with Gasteiger partial charge in [0.2, 0.25) is 5.91 Å². The zero-order valence-electron chi connectivity index (χ0n) is 8.51. The van der Waals surface area contributed by atoms with Crippen molar-refractivity contribution in [1.82, 2.24) is 15.5 Å². The summed E-state index contributed by atoms with van der Waals surface area (Å²) in [5.41, 5.74) is 0.677. The molecule has 1 atom stereocenters. The second-order valence-corrected chi connectivity index (χ2v) is 3.25. The Kier molecular flexibility index (Phi) is 4.46. The molecule has 0 unspecified atom stereocenters. The summed E-state index contributed by atoms with van der Waals surface area (Å²) in [6.45, 7) is 0.125. The molecular formula is C9H13N3O4. The first-order valence-electron chi connectivity index (χ1n) is 4.75. The topological polar surface area (TPSA) is 115 Å². The number of rotatable bonds is 6. The maximum Gasteiger partial charge on any atom is 0.332 e. The van der Waals surface area contributed by atoms with E-state index in [9.17, 15) is 9.59 Å². The molecule has 0 aliphatic rings. The Morgan fingerprint density at radius 3 is 2.88 bits per heavy atom. The number of nitrogens with one attached hydrogen (secondary N) is 2. The van der Waals surface area contributed by atoms with Gasteiger partial charge in [0.05, 0.1) is 6.42 Å². The van der Waals surface area contributed by atoms with E-state index in [0.717, 1.165) is 0 Å². The number of carbonyl (C=O) groups is 2. The van der Waals surface area contributed by atoms with Gasteiger partial charge < -0.3 is 15.5 Å². The van der Waals surface area contributed by atoms with Gasteiger partial charge in [-0.15, -0.1) is 0 Å². The number of aliphatic hydroxyl groups is 1. The number of hydrogen-bond donors (Lipinski definition) is 4. The van der Waals surface area contributed by atoms with E-state index >= 15 is 0 Å². The summed E-state index contributed by atoms with van der Waals surface area (Å²) >= 11 is 0. The molecule has 1 heterocycles. The highest BCUT2D eigenvalue weighted by molar-refractivity contribution is 5.78. The molecule has 1 amide bonds. The number of hydrogen-bond acceptors (Lipinski definition) is 4. The molecule has 0 aliphatic carbocycles. The van der Waals surface area contributed by atoms with Crippen molar-refractivity contribution in [2.24, 2.45) is 0 Å². The van der Waals surface area contributed by atoms with E-state index in [1.807, 2.05) is 0 Å². The molecule has 1 aromatic heterocycles. The van der Waals surface area contributed by atoms with Crippen molar-refractivity contribution in [2.45, 2.75) is 18.9 Å². The molecule has 7 nitrogen and oxygen atoms in total. The maximum atomic E-state index is 11.3. The Morgan fingerprint density at radius 2 is 2.31 bits per heavy atom. The Labute approximate surface area is 91.5 Å². The summed E-state index contributed by atoms with van der Waals surface area (Å²) in [5.74, 6) is -1.54. The number of carboxylic acid groups (broad SMARTS) is 1. The van der Waals surface area contributed by atoms with Crippen molar-refractivity contribution in [2.75, 3.05) is 6.54 Å². The van der Waals surface area contributed by atoms with E-state index in [1.54, 1.807) is 6.07 Å². The van der Waals surface area contributed by atoms with E-state index in [0.29, 0.717) is 5.69 Å². The number of nitrogens with zero attached hydrogens (tertiary/aromatic N) is 1. The lowest BCUT2D eigenvalue weighted by Gasteiger charge is -2.06. The van der Waals surface area contributed by atoms with Crippen LogP contribution >= 0.6 is 0 Å². The summed E-state index contributed by atoms with van der Waals surface area (Å²) in [4.78, 5) is 21.5. The quantitative estimate of drug-likeness (QED) is 0.492. The number of aliphatic hydroxyl groups excluding tert-OH is 1. The first kappa shape index (κ1) is 12.2. The molecule has 0 spiro atoms. The Balaban J connectivity index is 2.18. The van der Waals surface area contributed by atoms with Gasteiger partial charge in [0.25, 0.3) is 0 Å². The van der Waals surface area contributed by atoms with Crippen LogP contribution < -0.4 is 5.32 Å². The first-order chi connectivity index (χ1) is 7.59.